The van der Waals surface area contributed by atoms with Crippen LogP contribution in [0.3, 0.4) is 0 Å². The number of fused-ring (bicyclic) bond motifs is 10. The molecule has 458 valence electrons. The number of sulfonamides is 1. The second kappa shape index (κ2) is 24.3. The number of carbonyl (C=O) groups is 2. The lowest BCUT2D eigenvalue weighted by Crippen LogP contribution is -2.63. The van der Waals surface area contributed by atoms with E-state index in [4.69, 9.17) is 4.43 Å². The molecule has 24 atom stereocenters. The van der Waals surface area contributed by atoms with Gasteiger partial charge in [0.25, 0.3) is 10.0 Å². The molecule has 4 N–H and O–H groups in total. The highest BCUT2D eigenvalue weighted by molar-refractivity contribution is 7.90. The number of aliphatic carboxylic acids is 1. The van der Waals surface area contributed by atoms with Crippen LogP contribution in [0.5, 0.6) is 0 Å². The van der Waals surface area contributed by atoms with Gasteiger partial charge in [0.15, 0.2) is 8.32 Å². The summed E-state index contributed by atoms with van der Waals surface area (Å²) in [5, 5.41) is 32.1. The molecule has 12 heteroatoms. The number of aliphatic hydroxyl groups excluding tert-OH is 2. The van der Waals surface area contributed by atoms with E-state index >= 15 is 0 Å². The van der Waals surface area contributed by atoms with E-state index in [-0.39, 0.29) is 63.5 Å². The summed E-state index contributed by atoms with van der Waals surface area (Å²) in [4.78, 5) is 25.0. The van der Waals surface area contributed by atoms with Crippen LogP contribution in [0, 0.1) is 122 Å². The number of hydrogen-bond acceptors (Lipinski definition) is 7. The van der Waals surface area contributed by atoms with Crippen molar-refractivity contribution in [2.45, 2.75) is 261 Å². The van der Waals surface area contributed by atoms with Crippen LogP contribution in [0.15, 0.2) is 29.2 Å². The third-order valence-electron chi connectivity index (χ3n) is 25.6. The SMILES string of the molecule is CC[C@H]1[C@@H](O)[C@@H]2[C@H](CC[C@]3(C)[C@@H]([C@H](C)C[C@@H](C)C(=O)NS(=O)(=O)c4ccc(C(C)(C)C)cc4)CC[C@@H]23)[C@@]2(C)CC[C@@H](O)C[C@@H]12.CC[C@H]1[C@@H](O[Si](C)(C)C)[C@@H]2[C@H](CC[C@]3(C)[C@@H]([C@H](C)C[C@@H](C)C(=O)O)CC[C@@H]23)[C@@]2(C)CC[C@@H](C)C[C@@H]12.Cl. The average Bonchev–Trinajstić information content (AvgIpc) is 4.09. The maximum absolute atomic E-state index is 13.2. The maximum atomic E-state index is 13.2. The number of carboxylic acids is 1. The summed E-state index contributed by atoms with van der Waals surface area (Å²) in [6.45, 7) is 39.2. The summed E-state index contributed by atoms with van der Waals surface area (Å²) in [6, 6.07) is 6.81. The first kappa shape index (κ1) is 66.0. The highest BCUT2D eigenvalue weighted by Crippen LogP contribution is 2.72. The summed E-state index contributed by atoms with van der Waals surface area (Å²) in [5.41, 5.74) is 2.05. The lowest BCUT2D eigenvalue weighted by molar-refractivity contribution is -0.203. The Morgan fingerprint density at radius 1 is 0.662 bits per heavy atom. The van der Waals surface area contributed by atoms with E-state index in [1.165, 1.54) is 51.4 Å². The van der Waals surface area contributed by atoms with Crippen LogP contribution in [-0.2, 0) is 29.5 Å². The normalized spacial score (nSPS) is 42.9. The van der Waals surface area contributed by atoms with Gasteiger partial charge >= 0.3 is 5.97 Å². The van der Waals surface area contributed by atoms with Crippen LogP contribution in [0.2, 0.25) is 19.6 Å². The Bertz CT molecular complexity index is 2410. The van der Waals surface area contributed by atoms with Crippen molar-refractivity contribution in [3.8, 4) is 0 Å². The van der Waals surface area contributed by atoms with Gasteiger partial charge in [0.2, 0.25) is 5.91 Å². The van der Waals surface area contributed by atoms with Crippen LogP contribution in [0.4, 0.5) is 0 Å². The molecule has 1 aromatic rings. The van der Waals surface area contributed by atoms with Crippen LogP contribution in [0.25, 0.3) is 0 Å². The van der Waals surface area contributed by atoms with Crippen molar-refractivity contribution >= 4 is 42.6 Å². The summed E-state index contributed by atoms with van der Waals surface area (Å²) in [6.07, 6.45) is 20.3. The predicted molar refractivity (Wildman–Crippen MR) is 330 cm³/mol. The standard InChI is InChI=1S/C37H59NO5S.C31H56O3Si.ClH/c1-9-27-31-21-25(39)16-18-37(31,8)30-17-19-36(7)28(14-15-29(36)32(30)33(27)40)22(2)20-23(3)34(41)38-44(42,43)26-12-10-24(11-13-26)35(4,5)6;1-10-22-26-17-19(2)13-15-31(26,6)25-14-16-30(5)23(20(3)18-21(4)29(32)33)11-12-24(30)27(25)28(22)34-35(7,8)9;/h10-13,22-23,25,27-33,39-40H,9,14-21H2,1-8H3,(H,38,41);19-28H,10-18H2,1-9H3,(H,32,33);1H/t22-,23-,25-,27-,28-,29+,30+,31+,32+,33-,36-,37-;19-,20-,21-,22-,23-,24+,25+,26+,27+,28-,30-,31-;/m11./s1. The molecule has 8 fully saturated rings. The molecule has 0 aliphatic heterocycles. The number of carbonyl (C=O) groups excluding carboxylic acids is 1. The lowest BCUT2D eigenvalue weighted by Gasteiger charge is -2.66. The molecule has 1 amide bonds. The fourth-order valence-electron chi connectivity index (χ4n) is 21.7. The highest BCUT2D eigenvalue weighted by atomic mass is 35.5. The number of halogens is 1. The van der Waals surface area contributed by atoms with Gasteiger partial charge in [0.05, 0.1) is 29.1 Å². The van der Waals surface area contributed by atoms with Crippen molar-refractivity contribution in [2.75, 3.05) is 0 Å². The molecule has 9 nitrogen and oxygen atoms in total. The number of benzene rings is 1. The van der Waals surface area contributed by atoms with E-state index in [0.29, 0.717) is 76.6 Å². The van der Waals surface area contributed by atoms with E-state index < -0.39 is 36.1 Å². The zero-order chi connectivity index (χ0) is 58.3. The van der Waals surface area contributed by atoms with Crippen molar-refractivity contribution in [1.82, 2.24) is 4.72 Å². The Kier molecular flexibility index (Phi) is 20.1. The van der Waals surface area contributed by atoms with Gasteiger partial charge in [0, 0.05) is 5.92 Å². The molecule has 9 rings (SSSR count). The predicted octanol–water partition coefficient (Wildman–Crippen LogP) is 16.0. The van der Waals surface area contributed by atoms with Gasteiger partial charge in [-0.05, 0) is 249 Å². The van der Waals surface area contributed by atoms with E-state index in [0.717, 1.165) is 87.0 Å². The molecule has 8 saturated carbocycles. The minimum Gasteiger partial charge on any atom is -0.481 e. The smallest absolute Gasteiger partial charge is 0.306 e. The Labute approximate surface area is 495 Å². The van der Waals surface area contributed by atoms with Gasteiger partial charge in [-0.3, -0.25) is 9.59 Å². The maximum Gasteiger partial charge on any atom is 0.306 e. The summed E-state index contributed by atoms with van der Waals surface area (Å²) >= 11 is 0. The molecule has 8 aliphatic rings. The van der Waals surface area contributed by atoms with Crippen molar-refractivity contribution in [1.29, 1.82) is 0 Å². The van der Waals surface area contributed by atoms with Crippen molar-refractivity contribution < 1.29 is 37.8 Å². The monoisotopic (exact) mass is 1170 g/mol. The quantitative estimate of drug-likeness (QED) is 0.135. The minimum absolute atomic E-state index is 0. The molecule has 0 radical (unpaired) electrons. The second-order valence-corrected chi connectivity index (χ2v) is 38.4. The summed E-state index contributed by atoms with van der Waals surface area (Å²) in [7, 11) is -5.63. The van der Waals surface area contributed by atoms with Gasteiger partial charge < -0.3 is 19.7 Å². The van der Waals surface area contributed by atoms with Crippen molar-refractivity contribution in [3.05, 3.63) is 29.8 Å². The number of hydrogen-bond donors (Lipinski definition) is 4. The van der Waals surface area contributed by atoms with Crippen LogP contribution in [-0.4, -0.2) is 62.2 Å². The van der Waals surface area contributed by atoms with Gasteiger partial charge in [-0.2, -0.15) is 0 Å². The average molecular weight is 1170 g/mol. The lowest BCUT2D eigenvalue weighted by atomic mass is 9.41. The molecule has 0 heterocycles. The summed E-state index contributed by atoms with van der Waals surface area (Å²) in [5.74, 6) is 6.58. The van der Waals surface area contributed by atoms with Gasteiger partial charge in [-0.1, -0.05) is 128 Å². The molecule has 80 heavy (non-hydrogen) atoms. The highest BCUT2D eigenvalue weighted by Gasteiger charge is 2.67. The number of rotatable bonds is 14. The van der Waals surface area contributed by atoms with Crippen molar-refractivity contribution in [3.63, 3.8) is 0 Å². The molecular weight excluding hydrogens is 1050 g/mol. The molecule has 0 bridgehead atoms. The number of nitrogens with one attached hydrogen (secondary N) is 1. The third-order valence-corrected chi connectivity index (χ3v) is 28.0. The first-order chi connectivity index (χ1) is 36.7. The number of aliphatic hydroxyl groups is 2. The Morgan fingerprint density at radius 3 is 1.62 bits per heavy atom. The fourth-order valence-corrected chi connectivity index (χ4v) is 23.9. The Hall–Kier alpha value is -1.50. The number of carboxylic acid groups (broad SMARTS) is 1. The van der Waals surface area contributed by atoms with Crippen LogP contribution < -0.4 is 4.72 Å². The number of amides is 1. The first-order valence-corrected chi connectivity index (χ1v) is 37.5. The van der Waals surface area contributed by atoms with Gasteiger partial charge in [-0.25, -0.2) is 13.1 Å². The molecule has 0 spiro atoms. The molecule has 0 saturated heterocycles. The Morgan fingerprint density at radius 2 is 1.12 bits per heavy atom. The van der Waals surface area contributed by atoms with E-state index in [9.17, 15) is 33.3 Å². The molecular formula is C68H116ClNO8SSi. The fraction of sp³-hybridized carbons (Fsp3) is 0.882. The third kappa shape index (κ3) is 12.3. The molecule has 1 aromatic carbocycles. The molecule has 0 aromatic heterocycles. The van der Waals surface area contributed by atoms with Gasteiger partial charge in [-0.15, -0.1) is 12.4 Å². The topological polar surface area (TPSA) is 150 Å². The van der Waals surface area contributed by atoms with Gasteiger partial charge in [0.1, 0.15) is 0 Å². The van der Waals surface area contributed by atoms with Crippen LogP contribution in [0.1, 0.15) is 218 Å². The van der Waals surface area contributed by atoms with Crippen molar-refractivity contribution in [2.24, 2.45) is 122 Å². The second-order valence-electron chi connectivity index (χ2n) is 32.2. The molecule has 8 aliphatic carbocycles. The van der Waals surface area contributed by atoms with E-state index in [2.05, 4.69) is 107 Å². The van der Waals surface area contributed by atoms with Crippen LogP contribution >= 0.6 is 12.4 Å². The zero-order valence-electron chi connectivity index (χ0n) is 53.3. The minimum atomic E-state index is -3.94. The molecule has 0 unspecified atom stereocenters. The first-order valence-electron chi connectivity index (χ1n) is 32.6. The summed E-state index contributed by atoms with van der Waals surface area (Å²) < 4.78 is 35.8. The van der Waals surface area contributed by atoms with E-state index in [1.807, 2.05) is 26.0 Å². The Balaban J connectivity index is 0.000000234. The largest absolute Gasteiger partial charge is 0.481 e. The van der Waals surface area contributed by atoms with E-state index in [1.54, 1.807) is 12.1 Å². The zero-order valence-corrected chi connectivity index (χ0v) is 55.9.